The Labute approximate surface area is 198 Å². The number of carbonyl (C=O) groups excluding carboxylic acids is 3. The summed E-state index contributed by atoms with van der Waals surface area (Å²) in [5.74, 6) is -0.866. The first-order chi connectivity index (χ1) is 15.4. The minimum absolute atomic E-state index is 0.0668. The summed E-state index contributed by atoms with van der Waals surface area (Å²) < 4.78 is 5.27. The highest BCUT2D eigenvalue weighted by molar-refractivity contribution is 5.92. The summed E-state index contributed by atoms with van der Waals surface area (Å²) in [5, 5.41) is 16.1. The van der Waals surface area contributed by atoms with Gasteiger partial charge in [-0.1, -0.05) is 44.9 Å². The summed E-state index contributed by atoms with van der Waals surface area (Å²) in [5.41, 5.74) is -0.366. The third kappa shape index (κ3) is 9.32. The highest BCUT2D eigenvalue weighted by Crippen LogP contribution is 2.30. The molecular weight excluding hydrogens is 422 g/mol. The Hall–Kier alpha value is -2.77. The first-order valence-corrected chi connectivity index (χ1v) is 11.8. The number of ether oxygens (including phenoxy) is 1. The van der Waals surface area contributed by atoms with Crippen molar-refractivity contribution in [3.05, 3.63) is 29.8 Å². The zero-order valence-electron chi connectivity index (χ0n) is 21.1. The van der Waals surface area contributed by atoms with Crippen LogP contribution in [0.1, 0.15) is 85.8 Å². The Balaban J connectivity index is 3.30. The zero-order valence-corrected chi connectivity index (χ0v) is 21.1. The summed E-state index contributed by atoms with van der Waals surface area (Å²) in [7, 11) is 0. The van der Waals surface area contributed by atoms with Crippen molar-refractivity contribution in [2.75, 3.05) is 6.54 Å². The lowest BCUT2D eigenvalue weighted by Gasteiger charge is -2.34. The van der Waals surface area contributed by atoms with Gasteiger partial charge in [0.2, 0.25) is 11.8 Å². The summed E-state index contributed by atoms with van der Waals surface area (Å²) in [6.07, 6.45) is 2.45. The number of carbonyl (C=O) groups is 3. The number of alkyl carbamates (subject to hydrolysis) is 1. The number of hydrogen-bond acceptors (Lipinski definition) is 5. The Morgan fingerprint density at radius 3 is 2.24 bits per heavy atom. The lowest BCUT2D eigenvalue weighted by molar-refractivity contribution is -0.142. The van der Waals surface area contributed by atoms with Gasteiger partial charge in [-0.25, -0.2) is 4.79 Å². The molecule has 8 heteroatoms. The Morgan fingerprint density at radius 2 is 1.70 bits per heavy atom. The fraction of sp³-hybridized carbons (Fsp3) is 0.640. The standard InChI is InChI=1S/C25H41N3O5/c1-8-10-16-28(23(31)18(4)27-24(32)33-25(5,6)7)21(19-14-11-12-15-20(19)29)22(30)26-17(3)13-9-2/h11-12,14-15,17-18,21,29H,8-10,13,16H2,1-7H3,(H,26,30)(H,27,32). The van der Waals surface area contributed by atoms with Crippen LogP contribution >= 0.6 is 0 Å². The van der Waals surface area contributed by atoms with Crippen LogP contribution in [0.2, 0.25) is 0 Å². The van der Waals surface area contributed by atoms with Crippen LogP contribution in [0.4, 0.5) is 4.79 Å². The van der Waals surface area contributed by atoms with E-state index in [0.29, 0.717) is 18.5 Å². The number of hydrogen-bond donors (Lipinski definition) is 3. The van der Waals surface area contributed by atoms with Crippen molar-refractivity contribution >= 4 is 17.9 Å². The maximum absolute atomic E-state index is 13.5. The van der Waals surface area contributed by atoms with Gasteiger partial charge in [0, 0.05) is 18.2 Å². The topological polar surface area (TPSA) is 108 Å². The number of nitrogens with one attached hydrogen (secondary N) is 2. The molecule has 1 rings (SSSR count). The number of benzene rings is 1. The van der Waals surface area contributed by atoms with Crippen molar-refractivity contribution in [2.24, 2.45) is 0 Å². The van der Waals surface area contributed by atoms with Gasteiger partial charge in [0.05, 0.1) is 0 Å². The van der Waals surface area contributed by atoms with E-state index >= 15 is 0 Å². The number of phenols is 1. The molecule has 0 radical (unpaired) electrons. The zero-order chi connectivity index (χ0) is 25.2. The van der Waals surface area contributed by atoms with E-state index in [2.05, 4.69) is 10.6 Å². The second kappa shape index (κ2) is 13.1. The van der Waals surface area contributed by atoms with E-state index < -0.39 is 29.7 Å². The van der Waals surface area contributed by atoms with E-state index in [1.807, 2.05) is 20.8 Å². The molecule has 0 aliphatic rings. The van der Waals surface area contributed by atoms with Gasteiger partial charge in [-0.05, 0) is 53.5 Å². The van der Waals surface area contributed by atoms with Crippen LogP contribution in [0.15, 0.2) is 24.3 Å². The lowest BCUT2D eigenvalue weighted by Crippen LogP contribution is -2.52. The molecule has 1 aromatic rings. The van der Waals surface area contributed by atoms with Gasteiger partial charge < -0.3 is 25.4 Å². The van der Waals surface area contributed by atoms with Gasteiger partial charge in [-0.15, -0.1) is 0 Å². The van der Waals surface area contributed by atoms with Crippen molar-refractivity contribution in [1.29, 1.82) is 0 Å². The van der Waals surface area contributed by atoms with E-state index in [9.17, 15) is 19.5 Å². The normalized spacial score (nSPS) is 14.0. The number of aromatic hydroxyl groups is 1. The average molecular weight is 464 g/mol. The third-order valence-electron chi connectivity index (χ3n) is 5.04. The van der Waals surface area contributed by atoms with Crippen molar-refractivity contribution < 1.29 is 24.2 Å². The maximum Gasteiger partial charge on any atom is 0.408 e. The van der Waals surface area contributed by atoms with Crippen LogP contribution < -0.4 is 10.6 Å². The molecule has 0 saturated carbocycles. The predicted molar refractivity (Wildman–Crippen MR) is 129 cm³/mol. The fourth-order valence-corrected chi connectivity index (χ4v) is 3.49. The molecule has 0 aliphatic carbocycles. The van der Waals surface area contributed by atoms with Crippen LogP contribution in [-0.2, 0) is 14.3 Å². The van der Waals surface area contributed by atoms with Gasteiger partial charge in [-0.3, -0.25) is 9.59 Å². The van der Waals surface area contributed by atoms with Crippen LogP contribution in [-0.4, -0.2) is 52.1 Å². The van der Waals surface area contributed by atoms with Gasteiger partial charge in [0.1, 0.15) is 23.4 Å². The van der Waals surface area contributed by atoms with Gasteiger partial charge in [0.25, 0.3) is 0 Å². The number of para-hydroxylation sites is 1. The summed E-state index contributed by atoms with van der Waals surface area (Å²) in [6.45, 7) is 13.0. The molecule has 3 N–H and O–H groups in total. The fourth-order valence-electron chi connectivity index (χ4n) is 3.49. The highest BCUT2D eigenvalue weighted by Gasteiger charge is 2.36. The molecule has 0 bridgehead atoms. The number of phenolic OH excluding ortho intramolecular Hbond substituents is 1. The van der Waals surface area contributed by atoms with Crippen molar-refractivity contribution in [3.63, 3.8) is 0 Å². The number of rotatable bonds is 11. The molecule has 3 unspecified atom stereocenters. The Bertz CT molecular complexity index is 790. The summed E-state index contributed by atoms with van der Waals surface area (Å²) >= 11 is 0. The number of nitrogens with zero attached hydrogens (tertiary/aromatic N) is 1. The minimum atomic E-state index is -1.03. The molecule has 3 atom stereocenters. The molecule has 0 spiro atoms. The van der Waals surface area contributed by atoms with E-state index in [4.69, 9.17) is 4.74 Å². The number of amides is 3. The van der Waals surface area contributed by atoms with Gasteiger partial charge in [0.15, 0.2) is 0 Å². The molecule has 8 nitrogen and oxygen atoms in total. The van der Waals surface area contributed by atoms with E-state index in [0.717, 1.165) is 19.3 Å². The monoisotopic (exact) mass is 463 g/mol. The average Bonchev–Trinajstić information content (AvgIpc) is 2.70. The van der Waals surface area contributed by atoms with Crippen LogP contribution in [0.5, 0.6) is 5.75 Å². The molecule has 0 aromatic heterocycles. The lowest BCUT2D eigenvalue weighted by atomic mass is 10.0. The van der Waals surface area contributed by atoms with Crippen LogP contribution in [0.3, 0.4) is 0 Å². The third-order valence-corrected chi connectivity index (χ3v) is 5.04. The predicted octanol–water partition coefficient (Wildman–Crippen LogP) is 4.28. The minimum Gasteiger partial charge on any atom is -0.508 e. The number of unbranched alkanes of at least 4 members (excludes halogenated alkanes) is 1. The molecule has 33 heavy (non-hydrogen) atoms. The largest absolute Gasteiger partial charge is 0.508 e. The second-order valence-electron chi connectivity index (χ2n) is 9.41. The van der Waals surface area contributed by atoms with E-state index in [1.165, 1.54) is 11.0 Å². The van der Waals surface area contributed by atoms with Crippen molar-refractivity contribution in [2.45, 2.75) is 97.9 Å². The highest BCUT2D eigenvalue weighted by atomic mass is 16.6. The van der Waals surface area contributed by atoms with E-state index in [-0.39, 0.29) is 17.7 Å². The smallest absolute Gasteiger partial charge is 0.408 e. The summed E-state index contributed by atoms with van der Waals surface area (Å²) in [4.78, 5) is 40.6. The molecule has 3 amide bonds. The van der Waals surface area contributed by atoms with Crippen LogP contribution in [0.25, 0.3) is 0 Å². The van der Waals surface area contributed by atoms with Gasteiger partial charge >= 0.3 is 6.09 Å². The SMILES string of the molecule is CCCCN(C(=O)C(C)NC(=O)OC(C)(C)C)C(C(=O)NC(C)CCC)c1ccccc1O. The molecule has 0 fully saturated rings. The molecule has 1 aromatic carbocycles. The maximum atomic E-state index is 13.5. The van der Waals surface area contributed by atoms with Gasteiger partial charge in [-0.2, -0.15) is 0 Å². The molecule has 0 heterocycles. The molecule has 186 valence electrons. The first-order valence-electron chi connectivity index (χ1n) is 11.8. The first kappa shape index (κ1) is 28.3. The Kier molecular flexibility index (Phi) is 11.2. The quantitative estimate of drug-likeness (QED) is 0.454. The van der Waals surface area contributed by atoms with Crippen molar-refractivity contribution in [1.82, 2.24) is 15.5 Å². The Morgan fingerprint density at radius 1 is 1.06 bits per heavy atom. The van der Waals surface area contributed by atoms with Crippen LogP contribution in [0, 0.1) is 0 Å². The molecule has 0 saturated heterocycles. The van der Waals surface area contributed by atoms with E-state index in [1.54, 1.807) is 45.9 Å². The summed E-state index contributed by atoms with van der Waals surface area (Å²) in [6, 6.07) is 4.47. The molecule has 0 aliphatic heterocycles. The van der Waals surface area contributed by atoms with Crippen molar-refractivity contribution in [3.8, 4) is 5.75 Å². The molecular formula is C25H41N3O5. The second-order valence-corrected chi connectivity index (χ2v) is 9.41.